The first kappa shape index (κ1) is 14.9. The molecule has 0 aliphatic rings. The normalized spacial score (nSPS) is 11.7. The molecule has 1 aromatic heterocycles. The van der Waals surface area contributed by atoms with E-state index in [2.05, 4.69) is 11.1 Å². The van der Waals surface area contributed by atoms with Crippen molar-refractivity contribution in [2.75, 3.05) is 14.2 Å². The van der Waals surface area contributed by atoms with Gasteiger partial charge in [-0.2, -0.15) is 5.26 Å². The summed E-state index contributed by atoms with van der Waals surface area (Å²) in [4.78, 5) is 4.36. The standard InChI is InChI=1S/C19H16N2O2/c1-22-18-8-7-13(11-19(18)23-2)16(12-20)14-9-10-21-17-6-4-3-5-15(14)17/h3-11,16H,1-2H3. The summed E-state index contributed by atoms with van der Waals surface area (Å²) in [6, 6.07) is 17.7. The van der Waals surface area contributed by atoms with Crippen LogP contribution in [0.5, 0.6) is 11.5 Å². The van der Waals surface area contributed by atoms with Crippen molar-refractivity contribution < 1.29 is 9.47 Å². The van der Waals surface area contributed by atoms with E-state index in [1.54, 1.807) is 20.4 Å². The maximum absolute atomic E-state index is 9.74. The quantitative estimate of drug-likeness (QED) is 0.733. The summed E-state index contributed by atoms with van der Waals surface area (Å²) < 4.78 is 10.6. The predicted molar refractivity (Wildman–Crippen MR) is 88.7 cm³/mol. The van der Waals surface area contributed by atoms with Crippen LogP contribution in [0.1, 0.15) is 17.0 Å². The van der Waals surface area contributed by atoms with Gasteiger partial charge in [-0.3, -0.25) is 4.98 Å². The Balaban J connectivity index is 2.15. The molecule has 23 heavy (non-hydrogen) atoms. The number of nitriles is 1. The molecule has 0 bridgehead atoms. The molecular formula is C19H16N2O2. The minimum absolute atomic E-state index is 0.400. The lowest BCUT2D eigenvalue weighted by molar-refractivity contribution is 0.354. The molecule has 0 saturated carbocycles. The lowest BCUT2D eigenvalue weighted by atomic mass is 9.90. The van der Waals surface area contributed by atoms with E-state index in [0.29, 0.717) is 11.5 Å². The third kappa shape index (κ3) is 2.69. The third-order valence-corrected chi connectivity index (χ3v) is 3.86. The number of rotatable bonds is 4. The molecule has 0 fully saturated rings. The second-order valence-corrected chi connectivity index (χ2v) is 5.09. The van der Waals surface area contributed by atoms with Crippen LogP contribution in [0.2, 0.25) is 0 Å². The van der Waals surface area contributed by atoms with E-state index in [1.165, 1.54) is 0 Å². The van der Waals surface area contributed by atoms with Gasteiger partial charge in [-0.1, -0.05) is 24.3 Å². The van der Waals surface area contributed by atoms with Gasteiger partial charge < -0.3 is 9.47 Å². The lowest BCUT2D eigenvalue weighted by Gasteiger charge is -2.15. The maximum atomic E-state index is 9.74. The van der Waals surface area contributed by atoms with Crippen molar-refractivity contribution in [1.29, 1.82) is 5.26 Å². The molecule has 0 saturated heterocycles. The lowest BCUT2D eigenvalue weighted by Crippen LogP contribution is -2.01. The molecule has 1 unspecified atom stereocenters. The van der Waals surface area contributed by atoms with Crippen molar-refractivity contribution in [3.8, 4) is 17.6 Å². The summed E-state index contributed by atoms with van der Waals surface area (Å²) in [6.07, 6.45) is 1.74. The Hall–Kier alpha value is -3.06. The van der Waals surface area contributed by atoms with Crippen molar-refractivity contribution in [1.82, 2.24) is 4.98 Å². The fourth-order valence-electron chi connectivity index (χ4n) is 2.73. The van der Waals surface area contributed by atoms with E-state index in [1.807, 2.05) is 48.5 Å². The van der Waals surface area contributed by atoms with Gasteiger partial charge in [-0.25, -0.2) is 0 Å². The molecule has 4 nitrogen and oxygen atoms in total. The smallest absolute Gasteiger partial charge is 0.161 e. The Morgan fingerprint density at radius 1 is 1.00 bits per heavy atom. The molecule has 4 heteroatoms. The van der Waals surface area contributed by atoms with Crippen LogP contribution in [0.25, 0.3) is 10.9 Å². The largest absolute Gasteiger partial charge is 0.493 e. The Kier molecular flexibility index (Phi) is 4.11. The molecule has 2 aromatic carbocycles. The topological polar surface area (TPSA) is 55.1 Å². The zero-order chi connectivity index (χ0) is 16.2. The molecule has 1 heterocycles. The number of aromatic nitrogens is 1. The van der Waals surface area contributed by atoms with Crippen LogP contribution in [-0.2, 0) is 0 Å². The Morgan fingerprint density at radius 2 is 1.78 bits per heavy atom. The highest BCUT2D eigenvalue weighted by Crippen LogP contribution is 2.35. The second kappa shape index (κ2) is 6.37. The van der Waals surface area contributed by atoms with E-state index in [-0.39, 0.29) is 0 Å². The minimum Gasteiger partial charge on any atom is -0.493 e. The first-order chi connectivity index (χ1) is 11.3. The Labute approximate surface area is 134 Å². The summed E-state index contributed by atoms with van der Waals surface area (Å²) in [7, 11) is 3.18. The van der Waals surface area contributed by atoms with Crippen LogP contribution in [0.4, 0.5) is 0 Å². The number of hydrogen-bond acceptors (Lipinski definition) is 4. The van der Waals surface area contributed by atoms with Gasteiger partial charge >= 0.3 is 0 Å². The van der Waals surface area contributed by atoms with Crippen molar-refractivity contribution >= 4 is 10.9 Å². The fourth-order valence-corrected chi connectivity index (χ4v) is 2.73. The van der Waals surface area contributed by atoms with Gasteiger partial charge in [0.2, 0.25) is 0 Å². The van der Waals surface area contributed by atoms with Gasteiger partial charge in [0.25, 0.3) is 0 Å². The zero-order valence-corrected chi connectivity index (χ0v) is 13.0. The first-order valence-electron chi connectivity index (χ1n) is 7.23. The Morgan fingerprint density at radius 3 is 2.52 bits per heavy atom. The van der Waals surface area contributed by atoms with E-state index in [9.17, 15) is 5.26 Å². The number of benzene rings is 2. The monoisotopic (exact) mass is 304 g/mol. The maximum Gasteiger partial charge on any atom is 0.161 e. The van der Waals surface area contributed by atoms with Gasteiger partial charge in [0.1, 0.15) is 0 Å². The molecule has 1 atom stereocenters. The average molecular weight is 304 g/mol. The molecule has 0 N–H and O–H groups in total. The van der Waals surface area contributed by atoms with E-state index in [0.717, 1.165) is 22.0 Å². The molecule has 0 spiro atoms. The number of nitrogens with zero attached hydrogens (tertiary/aromatic N) is 2. The van der Waals surface area contributed by atoms with E-state index < -0.39 is 5.92 Å². The van der Waals surface area contributed by atoms with Crippen molar-refractivity contribution in [3.05, 3.63) is 65.9 Å². The SMILES string of the molecule is COc1ccc(C(C#N)c2ccnc3ccccc23)cc1OC. The van der Waals surface area contributed by atoms with Gasteiger partial charge in [0.05, 0.1) is 31.7 Å². The predicted octanol–water partition coefficient (Wildman–Crippen LogP) is 3.91. The van der Waals surface area contributed by atoms with Crippen LogP contribution in [0.3, 0.4) is 0 Å². The van der Waals surface area contributed by atoms with Crippen molar-refractivity contribution in [3.63, 3.8) is 0 Å². The Bertz CT molecular complexity index is 879. The van der Waals surface area contributed by atoms with Gasteiger partial charge in [-0.15, -0.1) is 0 Å². The minimum atomic E-state index is -0.400. The number of ether oxygens (including phenoxy) is 2. The summed E-state index contributed by atoms with van der Waals surface area (Å²) in [5.74, 6) is 0.860. The van der Waals surface area contributed by atoms with Gasteiger partial charge in [-0.05, 0) is 35.4 Å². The summed E-state index contributed by atoms with van der Waals surface area (Å²) in [6.45, 7) is 0. The van der Waals surface area contributed by atoms with Crippen LogP contribution < -0.4 is 9.47 Å². The zero-order valence-electron chi connectivity index (χ0n) is 13.0. The van der Waals surface area contributed by atoms with Crippen LogP contribution in [-0.4, -0.2) is 19.2 Å². The van der Waals surface area contributed by atoms with E-state index in [4.69, 9.17) is 9.47 Å². The molecule has 3 rings (SSSR count). The summed E-state index contributed by atoms with van der Waals surface area (Å²) >= 11 is 0. The van der Waals surface area contributed by atoms with Crippen LogP contribution in [0.15, 0.2) is 54.7 Å². The van der Waals surface area contributed by atoms with Crippen LogP contribution in [0, 0.1) is 11.3 Å². The molecule has 0 amide bonds. The van der Waals surface area contributed by atoms with E-state index >= 15 is 0 Å². The molecule has 114 valence electrons. The van der Waals surface area contributed by atoms with Crippen LogP contribution >= 0.6 is 0 Å². The first-order valence-corrected chi connectivity index (χ1v) is 7.23. The third-order valence-electron chi connectivity index (χ3n) is 3.86. The summed E-state index contributed by atoms with van der Waals surface area (Å²) in [5.41, 5.74) is 2.68. The number of methoxy groups -OCH3 is 2. The molecular weight excluding hydrogens is 288 g/mol. The average Bonchev–Trinajstić information content (AvgIpc) is 2.62. The fraction of sp³-hybridized carbons (Fsp3) is 0.158. The number of para-hydroxylation sites is 1. The second-order valence-electron chi connectivity index (χ2n) is 5.09. The molecule has 3 aromatic rings. The number of fused-ring (bicyclic) bond motifs is 1. The van der Waals surface area contributed by atoms with Crippen molar-refractivity contribution in [2.45, 2.75) is 5.92 Å². The molecule has 0 radical (unpaired) electrons. The highest BCUT2D eigenvalue weighted by atomic mass is 16.5. The van der Waals surface area contributed by atoms with Gasteiger partial charge in [0, 0.05) is 11.6 Å². The van der Waals surface area contributed by atoms with Gasteiger partial charge in [0.15, 0.2) is 11.5 Å². The number of hydrogen-bond donors (Lipinski definition) is 0. The molecule has 0 aliphatic heterocycles. The number of pyridine rings is 1. The van der Waals surface area contributed by atoms with Crippen molar-refractivity contribution in [2.24, 2.45) is 0 Å². The highest BCUT2D eigenvalue weighted by Gasteiger charge is 2.18. The molecule has 0 aliphatic carbocycles. The summed E-state index contributed by atoms with van der Waals surface area (Å²) in [5, 5.41) is 10.7. The highest BCUT2D eigenvalue weighted by molar-refractivity contribution is 5.83.